The molecule has 3 saturated heterocycles. The van der Waals surface area contributed by atoms with Gasteiger partial charge >= 0.3 is 6.18 Å². The zero-order chi connectivity index (χ0) is 30.6. The monoisotopic (exact) mass is 601 g/mol. The molecule has 2 aromatic carbocycles. The Kier molecular flexibility index (Phi) is 9.90. The number of anilines is 2. The van der Waals surface area contributed by atoms with E-state index in [0.29, 0.717) is 12.2 Å². The van der Waals surface area contributed by atoms with Crippen LogP contribution >= 0.6 is 0 Å². The molecule has 0 radical (unpaired) electrons. The molecular weight excluding hydrogens is 559 g/mol. The van der Waals surface area contributed by atoms with E-state index in [9.17, 15) is 22.8 Å². The Morgan fingerprint density at radius 1 is 0.977 bits per heavy atom. The van der Waals surface area contributed by atoms with Gasteiger partial charge in [-0.05, 0) is 41.9 Å². The molecule has 0 saturated carbocycles. The summed E-state index contributed by atoms with van der Waals surface area (Å²) in [5, 5.41) is 5.28. The number of hydrogen-bond acceptors (Lipinski definition) is 7. The Labute approximate surface area is 251 Å². The van der Waals surface area contributed by atoms with E-state index >= 15 is 0 Å². The molecule has 2 unspecified atom stereocenters. The average Bonchev–Trinajstić information content (AvgIpc) is 2.98. The lowest BCUT2D eigenvalue weighted by Crippen LogP contribution is -2.50. The highest BCUT2D eigenvalue weighted by Crippen LogP contribution is 2.38. The summed E-state index contributed by atoms with van der Waals surface area (Å²) < 4.78 is 41.5. The predicted octanol–water partition coefficient (Wildman–Crippen LogP) is 2.43. The minimum atomic E-state index is -4.65. The largest absolute Gasteiger partial charge is 0.393 e. The number of piperidine rings is 1. The first-order valence-corrected chi connectivity index (χ1v) is 15.1. The normalized spacial score (nSPS) is 22.8. The maximum Gasteiger partial charge on any atom is 0.393 e. The van der Waals surface area contributed by atoms with Crippen LogP contribution in [-0.2, 0) is 16.1 Å². The summed E-state index contributed by atoms with van der Waals surface area (Å²) in [6.45, 7) is 9.12. The van der Waals surface area contributed by atoms with Gasteiger partial charge in [-0.25, -0.2) is 0 Å². The van der Waals surface area contributed by atoms with E-state index in [1.165, 1.54) is 5.56 Å². The van der Waals surface area contributed by atoms with Gasteiger partial charge in [0.25, 0.3) is 0 Å². The average molecular weight is 602 g/mol. The summed E-state index contributed by atoms with van der Waals surface area (Å²) in [4.78, 5) is 34.3. The smallest absolute Gasteiger partial charge is 0.367 e. The van der Waals surface area contributed by atoms with Gasteiger partial charge in [0.15, 0.2) is 0 Å². The Hall–Kier alpha value is -3.19. The molecule has 43 heavy (non-hydrogen) atoms. The number of benzene rings is 2. The topological polar surface area (TPSA) is 97.2 Å². The number of amides is 2. The number of halogens is 3. The Morgan fingerprint density at radius 3 is 2.37 bits per heavy atom. The number of carbonyl (C=O) groups is 2. The van der Waals surface area contributed by atoms with E-state index in [4.69, 9.17) is 5.73 Å². The van der Waals surface area contributed by atoms with Gasteiger partial charge in [-0.3, -0.25) is 19.4 Å². The van der Waals surface area contributed by atoms with Crippen LogP contribution in [0.4, 0.5) is 24.5 Å². The molecule has 234 valence electrons. The molecular formula is C31H42F3N7O2. The van der Waals surface area contributed by atoms with Gasteiger partial charge < -0.3 is 26.2 Å². The molecule has 3 aliphatic heterocycles. The highest BCUT2D eigenvalue weighted by molar-refractivity contribution is 5.98. The van der Waals surface area contributed by atoms with Crippen molar-refractivity contribution in [3.05, 3.63) is 48.0 Å². The molecule has 3 heterocycles. The number of hydrogen-bond donors (Lipinski definition) is 3. The molecule has 3 aliphatic rings. The lowest BCUT2D eigenvalue weighted by Gasteiger charge is -2.36. The molecule has 12 heteroatoms. The lowest BCUT2D eigenvalue weighted by molar-refractivity contribution is -0.197. The third-order valence-electron chi connectivity index (χ3n) is 8.84. The number of rotatable bonds is 8. The molecule has 0 bridgehead atoms. The maximum absolute atomic E-state index is 13.8. The van der Waals surface area contributed by atoms with Gasteiger partial charge in [-0.1, -0.05) is 24.3 Å². The van der Waals surface area contributed by atoms with Crippen LogP contribution in [0, 0.1) is 11.8 Å². The maximum atomic E-state index is 13.8. The number of alkyl halides is 3. The summed E-state index contributed by atoms with van der Waals surface area (Å²) in [5.74, 6) is -4.86. The van der Waals surface area contributed by atoms with Crippen molar-refractivity contribution in [3.63, 3.8) is 0 Å². The van der Waals surface area contributed by atoms with Gasteiger partial charge in [-0.2, -0.15) is 13.2 Å². The summed E-state index contributed by atoms with van der Waals surface area (Å²) in [6, 6.07) is 14.1. The van der Waals surface area contributed by atoms with Crippen molar-refractivity contribution < 1.29 is 22.8 Å². The Bertz CT molecular complexity index is 1270. The quantitative estimate of drug-likeness (QED) is 0.428. The molecule has 0 aromatic heterocycles. The second-order valence-corrected chi connectivity index (χ2v) is 11.9. The standard InChI is InChI=1S/C31H42F3N7O2/c1-38-9-15-41(16-10-38)28-6-5-24(18-27(28)37-30(43)25-20-36-29(42)19-26(25)31(32,33)34)23-4-2-3-22(17-23)21-40-13-11-39(8-7-35)12-14-40/h2-6,17-18,25-26H,7-16,19-21,35H2,1H3,(H,36,42)(H,37,43). The SMILES string of the molecule is CN1CCN(c2ccc(-c3cccc(CN4CCN(CCN)CC4)c3)cc2NC(=O)C2CNC(=O)CC2C(F)(F)F)CC1. The van der Waals surface area contributed by atoms with Gasteiger partial charge in [0.2, 0.25) is 11.8 Å². The minimum absolute atomic E-state index is 0.346. The molecule has 0 aliphatic carbocycles. The predicted molar refractivity (Wildman–Crippen MR) is 162 cm³/mol. The van der Waals surface area contributed by atoms with Crippen LogP contribution in [0.2, 0.25) is 0 Å². The van der Waals surface area contributed by atoms with Gasteiger partial charge in [-0.15, -0.1) is 0 Å². The molecule has 2 aromatic rings. The fourth-order valence-electron chi connectivity index (χ4n) is 6.22. The fourth-order valence-corrected chi connectivity index (χ4v) is 6.22. The highest BCUT2D eigenvalue weighted by Gasteiger charge is 2.50. The third-order valence-corrected chi connectivity index (χ3v) is 8.84. The minimum Gasteiger partial charge on any atom is -0.367 e. The summed E-state index contributed by atoms with van der Waals surface area (Å²) in [5.41, 5.74) is 9.97. The van der Waals surface area contributed by atoms with Crippen LogP contribution in [0.1, 0.15) is 12.0 Å². The van der Waals surface area contributed by atoms with Crippen LogP contribution in [0.5, 0.6) is 0 Å². The Morgan fingerprint density at radius 2 is 1.67 bits per heavy atom. The first-order valence-electron chi connectivity index (χ1n) is 15.1. The van der Waals surface area contributed by atoms with Crippen LogP contribution in [0.25, 0.3) is 11.1 Å². The summed E-state index contributed by atoms with van der Waals surface area (Å²) in [6.07, 6.45) is -5.40. The first-order chi connectivity index (χ1) is 20.6. The van der Waals surface area contributed by atoms with Crippen LogP contribution in [0.3, 0.4) is 0 Å². The number of carbonyl (C=O) groups excluding carboxylic acids is 2. The fraction of sp³-hybridized carbons (Fsp3) is 0.548. The zero-order valence-corrected chi connectivity index (χ0v) is 24.7. The molecule has 0 spiro atoms. The second-order valence-electron chi connectivity index (χ2n) is 11.9. The van der Waals surface area contributed by atoms with Crippen molar-refractivity contribution in [1.82, 2.24) is 20.0 Å². The molecule has 2 amide bonds. The number of likely N-dealkylation sites (N-methyl/N-ethyl adjacent to an activating group) is 1. The summed E-state index contributed by atoms with van der Waals surface area (Å²) >= 11 is 0. The number of nitrogens with zero attached hydrogens (tertiary/aromatic N) is 4. The van der Waals surface area contributed by atoms with Crippen LogP contribution in [-0.4, -0.2) is 112 Å². The van der Waals surface area contributed by atoms with E-state index in [1.54, 1.807) is 0 Å². The molecule has 2 atom stereocenters. The van der Waals surface area contributed by atoms with Gasteiger partial charge in [0, 0.05) is 85.0 Å². The van der Waals surface area contributed by atoms with E-state index < -0.39 is 36.2 Å². The van der Waals surface area contributed by atoms with Crippen molar-refractivity contribution in [2.45, 2.75) is 19.1 Å². The third kappa shape index (κ3) is 7.86. The van der Waals surface area contributed by atoms with Crippen molar-refractivity contribution >= 4 is 23.2 Å². The summed E-state index contributed by atoms with van der Waals surface area (Å²) in [7, 11) is 2.05. The highest BCUT2D eigenvalue weighted by atomic mass is 19.4. The van der Waals surface area contributed by atoms with E-state index in [1.807, 2.05) is 37.4 Å². The van der Waals surface area contributed by atoms with Crippen molar-refractivity contribution in [1.29, 1.82) is 0 Å². The van der Waals surface area contributed by atoms with Crippen molar-refractivity contribution in [2.75, 3.05) is 89.3 Å². The molecule has 3 fully saturated rings. The number of nitrogens with two attached hydrogens (primary N) is 1. The zero-order valence-electron chi connectivity index (χ0n) is 24.7. The number of nitrogens with one attached hydrogen (secondary N) is 2. The molecule has 5 rings (SSSR count). The van der Waals surface area contributed by atoms with Crippen LogP contribution in [0.15, 0.2) is 42.5 Å². The molecule has 9 nitrogen and oxygen atoms in total. The second kappa shape index (κ2) is 13.6. The van der Waals surface area contributed by atoms with Crippen molar-refractivity contribution in [3.8, 4) is 11.1 Å². The van der Waals surface area contributed by atoms with E-state index in [-0.39, 0.29) is 6.54 Å². The first kappa shape index (κ1) is 31.2. The van der Waals surface area contributed by atoms with Gasteiger partial charge in [0.05, 0.1) is 23.2 Å². The number of piperazine rings is 2. The molecule has 4 N–H and O–H groups in total. The van der Waals surface area contributed by atoms with E-state index in [2.05, 4.69) is 42.4 Å². The van der Waals surface area contributed by atoms with Crippen LogP contribution < -0.4 is 21.3 Å². The van der Waals surface area contributed by atoms with Crippen molar-refractivity contribution in [2.24, 2.45) is 17.6 Å². The van der Waals surface area contributed by atoms with E-state index in [0.717, 1.165) is 82.3 Å². The Balaban J connectivity index is 1.38. The van der Waals surface area contributed by atoms with Gasteiger partial charge in [0.1, 0.15) is 0 Å². The lowest BCUT2D eigenvalue weighted by atomic mass is 9.84.